The topological polar surface area (TPSA) is 49.9 Å². The van der Waals surface area contributed by atoms with Crippen LogP contribution < -0.4 is 0 Å². The van der Waals surface area contributed by atoms with Crippen LogP contribution in [0.3, 0.4) is 0 Å². The van der Waals surface area contributed by atoms with Crippen LogP contribution in [0.5, 0.6) is 0 Å². The standard InChI is InChI=1S/C17H24N2O3S/c1-22-10-5-8-18-13-17(12-15(18)20)7-2-3-9-19(17)16(21)14-6-4-11-23-14/h4,6,11H,2-3,5,7-10,12-13H2,1H3. The number of ether oxygens (including phenoxy) is 1. The van der Waals surface area contributed by atoms with Crippen LogP contribution in [0.15, 0.2) is 17.5 Å². The third-order valence-corrected chi connectivity index (χ3v) is 5.78. The first-order valence-electron chi connectivity index (χ1n) is 8.28. The lowest BCUT2D eigenvalue weighted by Gasteiger charge is -2.44. The van der Waals surface area contributed by atoms with Gasteiger partial charge in [-0.05, 0) is 37.1 Å². The SMILES string of the molecule is COCCCN1CC2(CCCCN2C(=O)c2cccs2)CC1=O. The van der Waals surface area contributed by atoms with Crippen LogP contribution in [-0.2, 0) is 9.53 Å². The zero-order chi connectivity index (χ0) is 16.3. The van der Waals surface area contributed by atoms with Crippen molar-refractivity contribution in [2.75, 3.05) is 33.4 Å². The molecule has 2 aliphatic rings. The van der Waals surface area contributed by atoms with E-state index in [4.69, 9.17) is 4.74 Å². The number of piperidine rings is 1. The number of methoxy groups -OCH3 is 1. The molecule has 0 aromatic carbocycles. The number of thiophene rings is 1. The van der Waals surface area contributed by atoms with E-state index in [1.165, 1.54) is 11.3 Å². The van der Waals surface area contributed by atoms with E-state index in [9.17, 15) is 9.59 Å². The molecule has 2 amide bonds. The van der Waals surface area contributed by atoms with Crippen LogP contribution in [0.4, 0.5) is 0 Å². The van der Waals surface area contributed by atoms with Gasteiger partial charge in [-0.15, -0.1) is 11.3 Å². The van der Waals surface area contributed by atoms with Crippen LogP contribution in [-0.4, -0.2) is 60.5 Å². The second-order valence-corrected chi connectivity index (χ2v) is 7.40. The molecule has 1 aromatic rings. The normalized spacial score (nSPS) is 24.7. The van der Waals surface area contributed by atoms with E-state index in [-0.39, 0.29) is 17.4 Å². The van der Waals surface area contributed by atoms with Crippen molar-refractivity contribution in [2.45, 2.75) is 37.6 Å². The molecule has 3 rings (SSSR count). The van der Waals surface area contributed by atoms with E-state index in [1.54, 1.807) is 7.11 Å². The zero-order valence-corrected chi connectivity index (χ0v) is 14.4. The molecule has 1 spiro atoms. The Labute approximate surface area is 141 Å². The second kappa shape index (κ2) is 7.01. The number of amides is 2. The number of nitrogens with zero attached hydrogens (tertiary/aromatic N) is 2. The minimum absolute atomic E-state index is 0.0891. The molecule has 126 valence electrons. The Balaban J connectivity index is 1.75. The maximum absolute atomic E-state index is 12.9. The fourth-order valence-electron chi connectivity index (χ4n) is 3.79. The molecule has 2 saturated heterocycles. The summed E-state index contributed by atoms with van der Waals surface area (Å²) < 4.78 is 5.08. The van der Waals surface area contributed by atoms with E-state index in [2.05, 4.69) is 0 Å². The van der Waals surface area contributed by atoms with E-state index < -0.39 is 0 Å². The van der Waals surface area contributed by atoms with Crippen molar-refractivity contribution in [3.63, 3.8) is 0 Å². The van der Waals surface area contributed by atoms with Gasteiger partial charge in [-0.3, -0.25) is 9.59 Å². The summed E-state index contributed by atoms with van der Waals surface area (Å²) in [5.74, 6) is 0.262. The first-order chi connectivity index (χ1) is 11.2. The lowest BCUT2D eigenvalue weighted by atomic mass is 9.85. The number of hydrogen-bond acceptors (Lipinski definition) is 4. The number of carbonyl (C=O) groups is 2. The molecule has 1 atom stereocenters. The molecule has 3 heterocycles. The average Bonchev–Trinajstić information content (AvgIpc) is 3.17. The number of hydrogen-bond donors (Lipinski definition) is 0. The van der Waals surface area contributed by atoms with E-state index in [0.29, 0.717) is 19.6 Å². The van der Waals surface area contributed by atoms with Crippen LogP contribution in [0.1, 0.15) is 41.8 Å². The van der Waals surface area contributed by atoms with Gasteiger partial charge in [0.1, 0.15) is 0 Å². The molecule has 0 aliphatic carbocycles. The van der Waals surface area contributed by atoms with Gasteiger partial charge >= 0.3 is 0 Å². The maximum atomic E-state index is 12.9. The third-order valence-electron chi connectivity index (χ3n) is 4.92. The summed E-state index contributed by atoms with van der Waals surface area (Å²) in [6, 6.07) is 3.79. The summed E-state index contributed by atoms with van der Waals surface area (Å²) in [7, 11) is 1.68. The predicted molar refractivity (Wildman–Crippen MR) is 89.6 cm³/mol. The minimum Gasteiger partial charge on any atom is -0.385 e. The molecule has 2 fully saturated rings. The van der Waals surface area contributed by atoms with E-state index in [1.807, 2.05) is 27.3 Å². The van der Waals surface area contributed by atoms with Crippen LogP contribution in [0.2, 0.25) is 0 Å². The molecule has 0 saturated carbocycles. The lowest BCUT2D eigenvalue weighted by Crippen LogP contribution is -2.56. The highest BCUT2D eigenvalue weighted by Crippen LogP contribution is 2.38. The third kappa shape index (κ3) is 3.28. The van der Waals surface area contributed by atoms with Gasteiger partial charge in [0.05, 0.1) is 16.8 Å². The van der Waals surface area contributed by atoms with Crippen molar-refractivity contribution < 1.29 is 14.3 Å². The minimum atomic E-state index is -0.302. The second-order valence-electron chi connectivity index (χ2n) is 6.45. The summed E-state index contributed by atoms with van der Waals surface area (Å²) in [5.41, 5.74) is -0.302. The molecule has 1 unspecified atom stereocenters. The highest BCUT2D eigenvalue weighted by molar-refractivity contribution is 7.12. The summed E-state index contributed by atoms with van der Waals surface area (Å²) in [4.78, 5) is 30.0. The molecular weight excluding hydrogens is 312 g/mol. The van der Waals surface area contributed by atoms with Crippen LogP contribution >= 0.6 is 11.3 Å². The van der Waals surface area contributed by atoms with Crippen molar-refractivity contribution in [1.29, 1.82) is 0 Å². The lowest BCUT2D eigenvalue weighted by molar-refractivity contribution is -0.128. The highest BCUT2D eigenvalue weighted by atomic mass is 32.1. The number of likely N-dealkylation sites (tertiary alicyclic amines) is 2. The Bertz CT molecular complexity index is 560. The van der Waals surface area contributed by atoms with E-state index in [0.717, 1.165) is 43.6 Å². The molecule has 5 nitrogen and oxygen atoms in total. The molecule has 0 N–H and O–H groups in total. The molecule has 1 aromatic heterocycles. The smallest absolute Gasteiger partial charge is 0.264 e. The molecular formula is C17H24N2O3S. The van der Waals surface area contributed by atoms with Gasteiger partial charge < -0.3 is 14.5 Å². The Morgan fingerprint density at radius 3 is 3.04 bits per heavy atom. The highest BCUT2D eigenvalue weighted by Gasteiger charge is 2.50. The number of carbonyl (C=O) groups excluding carboxylic acids is 2. The van der Waals surface area contributed by atoms with Crippen LogP contribution in [0.25, 0.3) is 0 Å². The molecule has 6 heteroatoms. The first-order valence-corrected chi connectivity index (χ1v) is 9.16. The van der Waals surface area contributed by atoms with Gasteiger partial charge in [0, 0.05) is 33.4 Å². The van der Waals surface area contributed by atoms with Gasteiger partial charge in [-0.25, -0.2) is 0 Å². The quantitative estimate of drug-likeness (QED) is 0.776. The molecule has 23 heavy (non-hydrogen) atoms. The Kier molecular flexibility index (Phi) is 5.02. The summed E-state index contributed by atoms with van der Waals surface area (Å²) in [6.07, 6.45) is 4.36. The molecule has 0 radical (unpaired) electrons. The van der Waals surface area contributed by atoms with Gasteiger partial charge in [0.2, 0.25) is 5.91 Å². The van der Waals surface area contributed by atoms with Gasteiger partial charge in [-0.1, -0.05) is 6.07 Å². The Hall–Kier alpha value is -1.40. The average molecular weight is 336 g/mol. The van der Waals surface area contributed by atoms with Crippen molar-refractivity contribution >= 4 is 23.2 Å². The molecule has 2 aliphatic heterocycles. The van der Waals surface area contributed by atoms with Crippen molar-refractivity contribution in [3.05, 3.63) is 22.4 Å². The number of rotatable bonds is 5. The summed E-state index contributed by atoms with van der Waals surface area (Å²) >= 11 is 1.48. The Morgan fingerprint density at radius 2 is 2.30 bits per heavy atom. The van der Waals surface area contributed by atoms with Gasteiger partial charge in [0.25, 0.3) is 5.91 Å². The van der Waals surface area contributed by atoms with E-state index >= 15 is 0 Å². The van der Waals surface area contributed by atoms with Crippen molar-refractivity contribution in [3.8, 4) is 0 Å². The van der Waals surface area contributed by atoms with Crippen LogP contribution in [0, 0.1) is 0 Å². The van der Waals surface area contributed by atoms with Crippen molar-refractivity contribution in [2.24, 2.45) is 0 Å². The fraction of sp³-hybridized carbons (Fsp3) is 0.647. The van der Waals surface area contributed by atoms with Gasteiger partial charge in [0.15, 0.2) is 0 Å². The summed E-state index contributed by atoms with van der Waals surface area (Å²) in [6.45, 7) is 2.81. The predicted octanol–water partition coefficient (Wildman–Crippen LogP) is 2.38. The van der Waals surface area contributed by atoms with Crippen molar-refractivity contribution in [1.82, 2.24) is 9.80 Å². The largest absolute Gasteiger partial charge is 0.385 e. The van der Waals surface area contributed by atoms with Gasteiger partial charge in [-0.2, -0.15) is 0 Å². The first kappa shape index (κ1) is 16.5. The Morgan fingerprint density at radius 1 is 1.43 bits per heavy atom. The monoisotopic (exact) mass is 336 g/mol. The fourth-order valence-corrected chi connectivity index (χ4v) is 4.46. The molecule has 0 bridgehead atoms. The maximum Gasteiger partial charge on any atom is 0.264 e. The summed E-state index contributed by atoms with van der Waals surface area (Å²) in [5, 5.41) is 1.93. The zero-order valence-electron chi connectivity index (χ0n) is 13.6.